The van der Waals surface area contributed by atoms with E-state index >= 15 is 0 Å². The molecule has 1 aromatic rings. The molecule has 6 heteroatoms. The second-order valence-electron chi connectivity index (χ2n) is 9.42. The number of nitrogens with one attached hydrogen (secondary N) is 1. The van der Waals surface area contributed by atoms with Crippen LogP contribution in [0.5, 0.6) is 5.75 Å². The fraction of sp³-hybridized carbons (Fsp3) is 0.739. The summed E-state index contributed by atoms with van der Waals surface area (Å²) < 4.78 is 11.3. The third-order valence-corrected chi connectivity index (χ3v) is 5.48. The van der Waals surface area contributed by atoms with E-state index in [9.17, 15) is 4.79 Å². The summed E-state index contributed by atoms with van der Waals surface area (Å²) >= 11 is 0. The van der Waals surface area contributed by atoms with Crippen molar-refractivity contribution >= 4 is 11.9 Å². The van der Waals surface area contributed by atoms with E-state index < -0.39 is 6.09 Å². The molecule has 29 heavy (non-hydrogen) atoms. The monoisotopic (exact) mass is 405 g/mol. The predicted octanol–water partition coefficient (Wildman–Crippen LogP) is 5.04. The average Bonchev–Trinajstić information content (AvgIpc) is 2.65. The Balaban J connectivity index is 2.14. The van der Waals surface area contributed by atoms with Crippen molar-refractivity contribution in [2.45, 2.75) is 79.7 Å². The topological polar surface area (TPSA) is 63.7 Å². The maximum Gasteiger partial charge on any atom is 0.412 e. The number of carbonyl (C=O) groups excluding carboxylic acids is 1. The number of rotatable bonds is 7. The van der Waals surface area contributed by atoms with Crippen LogP contribution in [0, 0.1) is 12.3 Å². The van der Waals surface area contributed by atoms with E-state index in [0.717, 1.165) is 42.9 Å². The SMILES string of the molecule is CCC(C)c1nc(N2CCOC[C@H]2C)cc(C)c1OC(=O)NCCCC(C)(C)C. The van der Waals surface area contributed by atoms with Gasteiger partial charge in [-0.1, -0.05) is 34.6 Å². The standard InChI is InChI=1S/C23H39N3O3/c1-8-16(2)20-21(29-22(27)24-11-9-10-23(5,6)7)17(3)14-19(25-20)26-12-13-28-15-18(26)4/h14,16,18H,8-13,15H2,1-7H3,(H,24,27)/t16?,18-/m1/s1. The first kappa shape index (κ1) is 23.5. The summed E-state index contributed by atoms with van der Waals surface area (Å²) in [6.07, 6.45) is 2.51. The van der Waals surface area contributed by atoms with Gasteiger partial charge < -0.3 is 19.7 Å². The molecule has 2 atom stereocenters. The highest BCUT2D eigenvalue weighted by Crippen LogP contribution is 2.34. The molecule has 1 aliphatic heterocycles. The summed E-state index contributed by atoms with van der Waals surface area (Å²) in [6.45, 7) is 17.9. The lowest BCUT2D eigenvalue weighted by Crippen LogP contribution is -2.44. The third kappa shape index (κ3) is 6.88. The quantitative estimate of drug-likeness (QED) is 0.644. The number of hydrogen-bond acceptors (Lipinski definition) is 5. The van der Waals surface area contributed by atoms with Gasteiger partial charge in [-0.3, -0.25) is 0 Å². The van der Waals surface area contributed by atoms with Crippen LogP contribution in [0.4, 0.5) is 10.6 Å². The molecule has 1 unspecified atom stereocenters. The first-order valence-corrected chi connectivity index (χ1v) is 10.9. The van der Waals surface area contributed by atoms with Crippen molar-refractivity contribution in [3.05, 3.63) is 17.3 Å². The number of amides is 1. The first-order valence-electron chi connectivity index (χ1n) is 10.9. The Morgan fingerprint density at radius 1 is 1.45 bits per heavy atom. The molecule has 1 saturated heterocycles. The highest BCUT2D eigenvalue weighted by molar-refractivity contribution is 5.71. The van der Waals surface area contributed by atoms with Crippen molar-refractivity contribution in [3.8, 4) is 5.75 Å². The largest absolute Gasteiger partial charge is 0.412 e. The number of carbonyl (C=O) groups is 1. The molecular weight excluding hydrogens is 366 g/mol. The number of ether oxygens (including phenoxy) is 2. The van der Waals surface area contributed by atoms with Crippen molar-refractivity contribution in [1.82, 2.24) is 10.3 Å². The van der Waals surface area contributed by atoms with Gasteiger partial charge in [0.05, 0.1) is 24.9 Å². The van der Waals surface area contributed by atoms with Crippen molar-refractivity contribution in [1.29, 1.82) is 0 Å². The number of nitrogens with zero attached hydrogens (tertiary/aromatic N) is 2. The van der Waals surface area contributed by atoms with E-state index in [0.29, 0.717) is 25.5 Å². The Bertz CT molecular complexity index is 685. The summed E-state index contributed by atoms with van der Waals surface area (Å²) in [6, 6.07) is 2.30. The summed E-state index contributed by atoms with van der Waals surface area (Å²) in [5.74, 6) is 1.73. The lowest BCUT2D eigenvalue weighted by Gasteiger charge is -2.35. The molecule has 0 spiro atoms. The minimum atomic E-state index is -0.402. The van der Waals surface area contributed by atoms with Crippen molar-refractivity contribution < 1.29 is 14.3 Å². The van der Waals surface area contributed by atoms with Crippen LogP contribution in [0.2, 0.25) is 0 Å². The molecule has 2 heterocycles. The fourth-order valence-electron chi connectivity index (χ4n) is 3.48. The summed E-state index contributed by atoms with van der Waals surface area (Å²) in [4.78, 5) is 19.6. The van der Waals surface area contributed by atoms with Crippen LogP contribution in [0.1, 0.15) is 78.0 Å². The van der Waals surface area contributed by atoms with Crippen molar-refractivity contribution in [2.24, 2.45) is 5.41 Å². The molecule has 1 N–H and O–H groups in total. The van der Waals surface area contributed by atoms with E-state index in [1.807, 2.05) is 13.0 Å². The fourth-order valence-corrected chi connectivity index (χ4v) is 3.48. The van der Waals surface area contributed by atoms with Crippen molar-refractivity contribution in [3.63, 3.8) is 0 Å². The van der Waals surface area contributed by atoms with Gasteiger partial charge in [0.2, 0.25) is 0 Å². The van der Waals surface area contributed by atoms with Crippen LogP contribution in [0.3, 0.4) is 0 Å². The van der Waals surface area contributed by atoms with Crippen LogP contribution >= 0.6 is 0 Å². The Labute approximate surface area is 176 Å². The molecule has 0 aromatic carbocycles. The van der Waals surface area contributed by atoms with E-state index in [1.54, 1.807) is 0 Å². The molecule has 0 aliphatic carbocycles. The second-order valence-corrected chi connectivity index (χ2v) is 9.42. The normalized spacial score (nSPS) is 18.4. The van der Waals surface area contributed by atoms with Crippen molar-refractivity contribution in [2.75, 3.05) is 31.2 Å². The predicted molar refractivity (Wildman–Crippen MR) is 118 cm³/mol. The highest BCUT2D eigenvalue weighted by Gasteiger charge is 2.25. The molecule has 0 bridgehead atoms. The number of aryl methyl sites for hydroxylation is 1. The van der Waals surface area contributed by atoms with Crippen LogP contribution in [-0.2, 0) is 4.74 Å². The van der Waals surface area contributed by atoms with Crippen LogP contribution < -0.4 is 15.0 Å². The minimum Gasteiger partial charge on any atom is -0.408 e. The van der Waals surface area contributed by atoms with E-state index in [-0.39, 0.29) is 17.4 Å². The van der Waals surface area contributed by atoms with Gasteiger partial charge in [0.25, 0.3) is 0 Å². The summed E-state index contributed by atoms with van der Waals surface area (Å²) in [5, 5.41) is 2.88. The second kappa shape index (κ2) is 10.3. The molecule has 1 aromatic heterocycles. The Kier molecular flexibility index (Phi) is 8.32. The number of pyridine rings is 1. The molecule has 0 radical (unpaired) electrons. The Hall–Kier alpha value is -1.82. The smallest absolute Gasteiger partial charge is 0.408 e. The summed E-state index contributed by atoms with van der Waals surface area (Å²) in [5.41, 5.74) is 2.06. The number of aromatic nitrogens is 1. The lowest BCUT2D eigenvalue weighted by atomic mass is 9.91. The zero-order valence-electron chi connectivity index (χ0n) is 19.3. The lowest BCUT2D eigenvalue weighted by molar-refractivity contribution is 0.0985. The average molecular weight is 406 g/mol. The molecular formula is C23H39N3O3. The summed E-state index contributed by atoms with van der Waals surface area (Å²) in [7, 11) is 0. The van der Waals surface area contributed by atoms with E-state index in [2.05, 4.69) is 51.8 Å². The van der Waals surface area contributed by atoms with Gasteiger partial charge in [-0.25, -0.2) is 9.78 Å². The van der Waals surface area contributed by atoms with Gasteiger partial charge in [0.15, 0.2) is 5.75 Å². The molecule has 164 valence electrons. The molecule has 6 nitrogen and oxygen atoms in total. The van der Waals surface area contributed by atoms with Crippen LogP contribution in [-0.4, -0.2) is 43.4 Å². The zero-order chi connectivity index (χ0) is 21.6. The highest BCUT2D eigenvalue weighted by atomic mass is 16.6. The van der Waals surface area contributed by atoms with Gasteiger partial charge in [-0.15, -0.1) is 0 Å². The molecule has 2 rings (SSSR count). The first-order chi connectivity index (χ1) is 13.6. The van der Waals surface area contributed by atoms with Gasteiger partial charge in [-0.05, 0) is 50.2 Å². The van der Waals surface area contributed by atoms with Gasteiger partial charge in [0, 0.05) is 19.0 Å². The number of hydrogen-bond donors (Lipinski definition) is 1. The maximum atomic E-state index is 12.4. The van der Waals surface area contributed by atoms with Gasteiger partial charge in [0.1, 0.15) is 5.82 Å². The van der Waals surface area contributed by atoms with Crippen LogP contribution in [0.15, 0.2) is 6.07 Å². The third-order valence-electron chi connectivity index (χ3n) is 5.48. The number of anilines is 1. The van der Waals surface area contributed by atoms with E-state index in [4.69, 9.17) is 14.5 Å². The molecule has 1 fully saturated rings. The minimum absolute atomic E-state index is 0.202. The van der Waals surface area contributed by atoms with Gasteiger partial charge >= 0.3 is 6.09 Å². The Morgan fingerprint density at radius 3 is 2.79 bits per heavy atom. The molecule has 0 saturated carbocycles. The van der Waals surface area contributed by atoms with Crippen LogP contribution in [0.25, 0.3) is 0 Å². The van der Waals surface area contributed by atoms with E-state index in [1.165, 1.54) is 0 Å². The Morgan fingerprint density at radius 2 is 2.17 bits per heavy atom. The molecule has 1 aliphatic rings. The zero-order valence-corrected chi connectivity index (χ0v) is 19.3. The molecule has 1 amide bonds. The number of morpholine rings is 1. The maximum absolute atomic E-state index is 12.4. The van der Waals surface area contributed by atoms with Gasteiger partial charge in [-0.2, -0.15) is 0 Å².